The van der Waals surface area contributed by atoms with Crippen molar-refractivity contribution >= 4 is 33.9 Å². The van der Waals surface area contributed by atoms with Crippen LogP contribution in [0.2, 0.25) is 0 Å². The number of amides is 1. The summed E-state index contributed by atoms with van der Waals surface area (Å²) in [7, 11) is 0. The second-order valence-corrected chi connectivity index (χ2v) is 7.53. The number of nitrogens with zero attached hydrogens (tertiary/aromatic N) is 1. The van der Waals surface area contributed by atoms with Gasteiger partial charge in [0.1, 0.15) is 6.54 Å². The molecule has 146 valence electrons. The number of hydrogen-bond acceptors (Lipinski definition) is 2. The number of aromatic nitrogens is 1. The fourth-order valence-corrected chi connectivity index (χ4v) is 3.40. The first-order valence-corrected chi connectivity index (χ1v) is 9.89. The molecular weight excluding hydrogens is 358 g/mol. The van der Waals surface area contributed by atoms with Crippen LogP contribution in [0.1, 0.15) is 25.3 Å². The van der Waals surface area contributed by atoms with Crippen LogP contribution in [0.25, 0.3) is 10.9 Å². The van der Waals surface area contributed by atoms with Gasteiger partial charge in [-0.3, -0.25) is 4.79 Å². The Bertz CT molecular complexity index is 1110. The second kappa shape index (κ2) is 8.23. The number of benzene rings is 3. The average molecular weight is 383 g/mol. The van der Waals surface area contributed by atoms with Crippen molar-refractivity contribution in [2.75, 3.05) is 10.6 Å². The van der Waals surface area contributed by atoms with Crippen molar-refractivity contribution in [3.63, 3.8) is 0 Å². The molecule has 0 aliphatic carbocycles. The zero-order valence-corrected chi connectivity index (χ0v) is 16.7. The normalized spacial score (nSPS) is 11.0. The van der Waals surface area contributed by atoms with Gasteiger partial charge in [-0.15, -0.1) is 0 Å². The molecule has 4 heteroatoms. The number of fused-ring (bicyclic) bond motifs is 1. The molecule has 0 spiro atoms. The Kier molecular flexibility index (Phi) is 5.34. The van der Waals surface area contributed by atoms with Crippen LogP contribution in [0.15, 0.2) is 85.1 Å². The average Bonchev–Trinajstić information content (AvgIpc) is 3.12. The fraction of sp³-hybridized carbons (Fsp3) is 0.160. The van der Waals surface area contributed by atoms with Crippen LogP contribution in [-0.4, -0.2) is 10.5 Å². The quantitative estimate of drug-likeness (QED) is 0.420. The van der Waals surface area contributed by atoms with Gasteiger partial charge in [-0.2, -0.15) is 0 Å². The van der Waals surface area contributed by atoms with Crippen LogP contribution < -0.4 is 10.6 Å². The highest BCUT2D eigenvalue weighted by Gasteiger charge is 2.08. The number of nitrogens with one attached hydrogen (secondary N) is 2. The molecule has 0 saturated heterocycles. The second-order valence-electron chi connectivity index (χ2n) is 7.53. The topological polar surface area (TPSA) is 46.1 Å². The number of rotatable bonds is 6. The van der Waals surface area contributed by atoms with Gasteiger partial charge in [0.05, 0.1) is 0 Å². The highest BCUT2D eigenvalue weighted by Crippen LogP contribution is 2.23. The van der Waals surface area contributed by atoms with Crippen LogP contribution in [0, 0.1) is 0 Å². The van der Waals surface area contributed by atoms with Gasteiger partial charge in [0.15, 0.2) is 0 Å². The van der Waals surface area contributed by atoms with Gasteiger partial charge in [-0.25, -0.2) is 0 Å². The summed E-state index contributed by atoms with van der Waals surface area (Å²) >= 11 is 0. The standard InChI is InChI=1S/C25H25N3O/c1-18(2)19-8-13-24-20(16-19)14-15-28(24)17-25(29)27-23-11-9-22(10-12-23)26-21-6-4-3-5-7-21/h3-16,18,26H,17H2,1-2H3,(H,27,29). The van der Waals surface area contributed by atoms with Crippen molar-refractivity contribution in [1.82, 2.24) is 4.57 Å². The van der Waals surface area contributed by atoms with E-state index in [-0.39, 0.29) is 12.5 Å². The van der Waals surface area contributed by atoms with Gasteiger partial charge in [0.2, 0.25) is 5.91 Å². The molecule has 0 saturated carbocycles. The molecule has 0 atom stereocenters. The SMILES string of the molecule is CC(C)c1ccc2c(ccn2CC(=O)Nc2ccc(Nc3ccccc3)cc2)c1. The van der Waals surface area contributed by atoms with E-state index in [1.807, 2.05) is 65.4 Å². The maximum absolute atomic E-state index is 12.5. The number of carbonyl (C=O) groups is 1. The van der Waals surface area contributed by atoms with Crippen molar-refractivity contribution in [3.8, 4) is 0 Å². The number of anilines is 3. The van der Waals surface area contributed by atoms with E-state index < -0.39 is 0 Å². The number of para-hydroxylation sites is 1. The summed E-state index contributed by atoms with van der Waals surface area (Å²) in [4.78, 5) is 12.5. The summed E-state index contributed by atoms with van der Waals surface area (Å²) in [6.45, 7) is 4.66. The first-order valence-electron chi connectivity index (χ1n) is 9.89. The Morgan fingerprint density at radius 2 is 1.55 bits per heavy atom. The van der Waals surface area contributed by atoms with Gasteiger partial charge in [-0.1, -0.05) is 38.1 Å². The molecule has 2 N–H and O–H groups in total. The van der Waals surface area contributed by atoms with E-state index in [2.05, 4.69) is 48.7 Å². The molecule has 0 bridgehead atoms. The minimum absolute atomic E-state index is 0.0424. The molecule has 3 aromatic carbocycles. The first-order chi connectivity index (χ1) is 14.1. The third-order valence-corrected chi connectivity index (χ3v) is 5.01. The first kappa shape index (κ1) is 18.8. The molecule has 4 aromatic rings. The van der Waals surface area contributed by atoms with Crippen LogP contribution in [0.4, 0.5) is 17.1 Å². The third-order valence-electron chi connectivity index (χ3n) is 5.01. The summed E-state index contributed by atoms with van der Waals surface area (Å²) < 4.78 is 1.99. The monoisotopic (exact) mass is 383 g/mol. The molecule has 29 heavy (non-hydrogen) atoms. The maximum Gasteiger partial charge on any atom is 0.244 e. The molecule has 1 amide bonds. The van der Waals surface area contributed by atoms with Gasteiger partial charge in [0, 0.05) is 28.8 Å². The lowest BCUT2D eigenvalue weighted by Crippen LogP contribution is -2.18. The lowest BCUT2D eigenvalue weighted by molar-refractivity contribution is -0.116. The predicted octanol–water partition coefficient (Wildman–Crippen LogP) is 6.15. The molecule has 4 rings (SSSR count). The van der Waals surface area contributed by atoms with E-state index in [0.29, 0.717) is 5.92 Å². The molecule has 1 heterocycles. The van der Waals surface area contributed by atoms with Crippen molar-refractivity contribution in [2.24, 2.45) is 0 Å². The minimum atomic E-state index is -0.0424. The van der Waals surface area contributed by atoms with Gasteiger partial charge in [-0.05, 0) is 71.5 Å². The van der Waals surface area contributed by atoms with Gasteiger partial charge in [0.25, 0.3) is 0 Å². The Labute approximate surface area is 171 Å². The zero-order valence-electron chi connectivity index (χ0n) is 16.7. The molecule has 0 aliphatic rings. The van der Waals surface area contributed by atoms with Crippen LogP contribution in [0.5, 0.6) is 0 Å². The van der Waals surface area contributed by atoms with E-state index in [4.69, 9.17) is 0 Å². The molecular formula is C25H25N3O. The van der Waals surface area contributed by atoms with Crippen molar-refractivity contribution in [3.05, 3.63) is 90.6 Å². The van der Waals surface area contributed by atoms with Crippen LogP contribution >= 0.6 is 0 Å². The lowest BCUT2D eigenvalue weighted by Gasteiger charge is -2.10. The Morgan fingerprint density at radius 3 is 2.28 bits per heavy atom. The Morgan fingerprint density at radius 1 is 0.862 bits per heavy atom. The zero-order chi connectivity index (χ0) is 20.2. The molecule has 0 fully saturated rings. The highest BCUT2D eigenvalue weighted by atomic mass is 16.1. The number of hydrogen-bond donors (Lipinski definition) is 2. The smallest absolute Gasteiger partial charge is 0.244 e. The van der Waals surface area contributed by atoms with Gasteiger partial charge >= 0.3 is 0 Å². The minimum Gasteiger partial charge on any atom is -0.356 e. The largest absolute Gasteiger partial charge is 0.356 e. The Hall–Kier alpha value is -3.53. The number of carbonyl (C=O) groups excluding carboxylic acids is 1. The highest BCUT2D eigenvalue weighted by molar-refractivity contribution is 5.92. The van der Waals surface area contributed by atoms with E-state index in [0.717, 1.165) is 22.6 Å². The maximum atomic E-state index is 12.5. The van der Waals surface area contributed by atoms with Crippen molar-refractivity contribution in [1.29, 1.82) is 0 Å². The van der Waals surface area contributed by atoms with Gasteiger partial charge < -0.3 is 15.2 Å². The molecule has 0 unspecified atom stereocenters. The summed E-state index contributed by atoms with van der Waals surface area (Å²) in [5.41, 5.74) is 5.18. The van der Waals surface area contributed by atoms with E-state index in [1.165, 1.54) is 10.9 Å². The molecule has 0 radical (unpaired) electrons. The summed E-state index contributed by atoms with van der Waals surface area (Å²) in [5, 5.41) is 7.48. The van der Waals surface area contributed by atoms with E-state index in [9.17, 15) is 4.79 Å². The predicted molar refractivity (Wildman–Crippen MR) is 121 cm³/mol. The summed E-state index contributed by atoms with van der Waals surface area (Å²) in [6.07, 6.45) is 1.97. The Balaban J connectivity index is 1.40. The lowest BCUT2D eigenvalue weighted by atomic mass is 10.0. The van der Waals surface area contributed by atoms with Crippen molar-refractivity contribution < 1.29 is 4.79 Å². The van der Waals surface area contributed by atoms with E-state index >= 15 is 0 Å². The van der Waals surface area contributed by atoms with Crippen molar-refractivity contribution in [2.45, 2.75) is 26.3 Å². The van der Waals surface area contributed by atoms with Crippen LogP contribution in [0.3, 0.4) is 0 Å². The molecule has 1 aromatic heterocycles. The van der Waals surface area contributed by atoms with E-state index in [1.54, 1.807) is 0 Å². The fourth-order valence-electron chi connectivity index (χ4n) is 3.40. The summed E-state index contributed by atoms with van der Waals surface area (Å²) in [5.74, 6) is 0.449. The third kappa shape index (κ3) is 4.49. The summed E-state index contributed by atoms with van der Waals surface area (Å²) in [6, 6.07) is 26.2. The molecule has 4 nitrogen and oxygen atoms in total. The molecule has 0 aliphatic heterocycles. The van der Waals surface area contributed by atoms with Crippen LogP contribution in [-0.2, 0) is 11.3 Å².